The molecule has 3 aliphatic rings. The molecule has 0 radical (unpaired) electrons. The minimum Gasteiger partial charge on any atom is -0.377 e. The van der Waals surface area contributed by atoms with Crippen LogP contribution in [0.3, 0.4) is 0 Å². The van der Waals surface area contributed by atoms with Crippen molar-refractivity contribution in [3.8, 4) is 0 Å². The van der Waals surface area contributed by atoms with Crippen LogP contribution in [0.4, 0.5) is 0 Å². The summed E-state index contributed by atoms with van der Waals surface area (Å²) in [5, 5.41) is 0. The Morgan fingerprint density at radius 2 is 1.86 bits per heavy atom. The Morgan fingerprint density at radius 3 is 2.43 bits per heavy atom. The molecule has 120 valence electrons. The molecular formula is C16H29N3O2. The van der Waals surface area contributed by atoms with Crippen LogP contribution in [-0.4, -0.2) is 67.2 Å². The Balaban J connectivity index is 1.71. The van der Waals surface area contributed by atoms with E-state index >= 15 is 0 Å². The molecular weight excluding hydrogens is 266 g/mol. The highest BCUT2D eigenvalue weighted by atomic mass is 16.5. The van der Waals surface area contributed by atoms with E-state index in [9.17, 15) is 4.79 Å². The summed E-state index contributed by atoms with van der Waals surface area (Å²) in [7, 11) is 4.23. The van der Waals surface area contributed by atoms with E-state index in [0.717, 1.165) is 39.0 Å². The summed E-state index contributed by atoms with van der Waals surface area (Å²) in [6.07, 6.45) is 3.16. The van der Waals surface area contributed by atoms with Gasteiger partial charge in [0.25, 0.3) is 0 Å². The second-order valence-corrected chi connectivity index (χ2v) is 7.76. The fraction of sp³-hybridized carbons (Fsp3) is 0.938. The molecule has 3 rings (SSSR count). The van der Waals surface area contributed by atoms with Gasteiger partial charge in [-0.1, -0.05) is 13.8 Å². The van der Waals surface area contributed by atoms with Crippen LogP contribution in [0.1, 0.15) is 33.1 Å². The Bertz CT molecular complexity index is 429. The molecule has 3 atom stereocenters. The van der Waals surface area contributed by atoms with Crippen molar-refractivity contribution in [2.45, 2.75) is 50.8 Å². The fourth-order valence-electron chi connectivity index (χ4n) is 4.67. The van der Waals surface area contributed by atoms with Gasteiger partial charge in [0.15, 0.2) is 0 Å². The average molecular weight is 295 g/mol. The molecule has 3 unspecified atom stereocenters. The predicted octanol–water partition coefficient (Wildman–Crippen LogP) is 0.681. The quantitative estimate of drug-likeness (QED) is 0.814. The number of amides is 1. The van der Waals surface area contributed by atoms with Crippen LogP contribution >= 0.6 is 0 Å². The van der Waals surface area contributed by atoms with Gasteiger partial charge in [0.2, 0.25) is 5.91 Å². The first-order valence-electron chi connectivity index (χ1n) is 8.16. The zero-order valence-corrected chi connectivity index (χ0v) is 13.8. The molecule has 5 nitrogen and oxygen atoms in total. The summed E-state index contributed by atoms with van der Waals surface area (Å²) in [4.78, 5) is 17.3. The number of nitrogens with two attached hydrogens (primary N) is 1. The zero-order chi connectivity index (χ0) is 15.4. The van der Waals surface area contributed by atoms with E-state index in [1.54, 1.807) is 0 Å². The van der Waals surface area contributed by atoms with E-state index in [1.165, 1.54) is 0 Å². The second-order valence-electron chi connectivity index (χ2n) is 7.76. The number of nitrogens with zero attached hydrogens (tertiary/aromatic N) is 2. The van der Waals surface area contributed by atoms with E-state index in [-0.39, 0.29) is 23.3 Å². The SMILES string of the molecule is CN(C)C1CCN(C(=O)C2(N)C3CCOC3C2(C)C)CC1. The van der Waals surface area contributed by atoms with Gasteiger partial charge in [-0.25, -0.2) is 0 Å². The Labute approximate surface area is 127 Å². The minimum atomic E-state index is -0.737. The number of carbonyl (C=O) groups excluding carboxylic acids is 1. The van der Waals surface area contributed by atoms with Crippen LogP contribution < -0.4 is 5.73 Å². The molecule has 2 N–H and O–H groups in total. The van der Waals surface area contributed by atoms with E-state index in [4.69, 9.17) is 10.5 Å². The largest absolute Gasteiger partial charge is 0.377 e. The lowest BCUT2D eigenvalue weighted by Crippen LogP contribution is -2.80. The maximum absolute atomic E-state index is 13.1. The molecule has 0 aromatic carbocycles. The van der Waals surface area contributed by atoms with Crippen molar-refractivity contribution in [2.75, 3.05) is 33.8 Å². The van der Waals surface area contributed by atoms with E-state index in [1.807, 2.05) is 4.90 Å². The monoisotopic (exact) mass is 295 g/mol. The third-order valence-electron chi connectivity index (χ3n) is 6.29. The number of piperidine rings is 1. The van der Waals surface area contributed by atoms with E-state index < -0.39 is 5.54 Å². The molecule has 0 bridgehead atoms. The minimum absolute atomic E-state index is 0.149. The average Bonchev–Trinajstić information content (AvgIpc) is 2.94. The highest BCUT2D eigenvalue weighted by Crippen LogP contribution is 2.58. The number of ether oxygens (including phenoxy) is 1. The van der Waals surface area contributed by atoms with Crippen LogP contribution in [0.15, 0.2) is 0 Å². The first-order chi connectivity index (χ1) is 9.80. The van der Waals surface area contributed by atoms with Crippen molar-refractivity contribution < 1.29 is 9.53 Å². The van der Waals surface area contributed by atoms with Gasteiger partial charge in [0.05, 0.1) is 6.10 Å². The summed E-state index contributed by atoms with van der Waals surface area (Å²) in [6, 6.07) is 0.583. The van der Waals surface area contributed by atoms with Crippen LogP contribution in [0.5, 0.6) is 0 Å². The molecule has 5 heteroatoms. The van der Waals surface area contributed by atoms with Crippen molar-refractivity contribution in [3.05, 3.63) is 0 Å². The molecule has 2 saturated heterocycles. The molecule has 2 heterocycles. The lowest BCUT2D eigenvalue weighted by molar-refractivity contribution is -0.185. The zero-order valence-electron chi connectivity index (χ0n) is 13.8. The molecule has 1 aliphatic carbocycles. The summed E-state index contributed by atoms with van der Waals surface area (Å²) >= 11 is 0. The third-order valence-corrected chi connectivity index (χ3v) is 6.29. The van der Waals surface area contributed by atoms with E-state index in [2.05, 4.69) is 32.8 Å². The predicted molar refractivity (Wildman–Crippen MR) is 81.8 cm³/mol. The molecule has 3 fully saturated rings. The molecule has 1 amide bonds. The second kappa shape index (κ2) is 4.93. The third kappa shape index (κ3) is 1.97. The van der Waals surface area contributed by atoms with Crippen molar-refractivity contribution in [1.82, 2.24) is 9.80 Å². The summed E-state index contributed by atoms with van der Waals surface area (Å²) < 4.78 is 5.79. The fourth-order valence-corrected chi connectivity index (χ4v) is 4.67. The molecule has 21 heavy (non-hydrogen) atoms. The van der Waals surface area contributed by atoms with Gasteiger partial charge in [0.1, 0.15) is 5.54 Å². The number of rotatable bonds is 2. The summed E-state index contributed by atoms with van der Waals surface area (Å²) in [6.45, 7) is 6.57. The summed E-state index contributed by atoms with van der Waals surface area (Å²) in [5.41, 5.74) is 5.66. The van der Waals surface area contributed by atoms with Gasteiger partial charge >= 0.3 is 0 Å². The highest BCUT2D eigenvalue weighted by molar-refractivity contribution is 5.89. The topological polar surface area (TPSA) is 58.8 Å². The maximum atomic E-state index is 13.1. The number of hydrogen-bond donors (Lipinski definition) is 1. The Hall–Kier alpha value is -0.650. The first kappa shape index (κ1) is 15.3. The lowest BCUT2D eigenvalue weighted by Gasteiger charge is -2.62. The van der Waals surface area contributed by atoms with Crippen LogP contribution in [0, 0.1) is 11.3 Å². The van der Waals surface area contributed by atoms with Crippen molar-refractivity contribution in [2.24, 2.45) is 17.1 Å². The number of carbonyl (C=O) groups is 1. The Morgan fingerprint density at radius 1 is 1.24 bits per heavy atom. The van der Waals surface area contributed by atoms with Crippen molar-refractivity contribution >= 4 is 5.91 Å². The standard InChI is InChI=1S/C16H29N3O2/c1-15(2)13-12(7-10-21-13)16(15,17)14(20)19-8-5-11(6-9-19)18(3)4/h11-13H,5-10,17H2,1-4H3. The smallest absolute Gasteiger partial charge is 0.243 e. The van der Waals surface area contributed by atoms with Gasteiger partial charge in [-0.3, -0.25) is 4.79 Å². The van der Waals surface area contributed by atoms with Gasteiger partial charge in [-0.15, -0.1) is 0 Å². The van der Waals surface area contributed by atoms with Crippen molar-refractivity contribution in [1.29, 1.82) is 0 Å². The molecule has 0 aromatic rings. The number of hydrogen-bond acceptors (Lipinski definition) is 4. The lowest BCUT2D eigenvalue weighted by atomic mass is 9.47. The van der Waals surface area contributed by atoms with Crippen LogP contribution in [-0.2, 0) is 9.53 Å². The van der Waals surface area contributed by atoms with Gasteiger partial charge in [-0.2, -0.15) is 0 Å². The van der Waals surface area contributed by atoms with Crippen LogP contribution in [0.25, 0.3) is 0 Å². The first-order valence-corrected chi connectivity index (χ1v) is 8.16. The maximum Gasteiger partial charge on any atom is 0.243 e. The normalized spacial score (nSPS) is 39.2. The van der Waals surface area contributed by atoms with E-state index in [0.29, 0.717) is 6.04 Å². The van der Waals surface area contributed by atoms with Gasteiger partial charge < -0.3 is 20.3 Å². The number of fused-ring (bicyclic) bond motifs is 1. The van der Waals surface area contributed by atoms with Gasteiger partial charge in [-0.05, 0) is 33.4 Å². The molecule has 0 aromatic heterocycles. The Kier molecular flexibility index (Phi) is 3.58. The van der Waals surface area contributed by atoms with Crippen molar-refractivity contribution in [3.63, 3.8) is 0 Å². The number of likely N-dealkylation sites (tertiary alicyclic amines) is 1. The summed E-state index contributed by atoms with van der Waals surface area (Å²) in [5.74, 6) is 0.350. The molecule has 0 spiro atoms. The molecule has 2 aliphatic heterocycles. The molecule has 1 saturated carbocycles. The van der Waals surface area contributed by atoms with Gasteiger partial charge in [0, 0.05) is 37.1 Å². The van der Waals surface area contributed by atoms with Crippen LogP contribution in [0.2, 0.25) is 0 Å². The highest BCUT2D eigenvalue weighted by Gasteiger charge is 2.71.